The number of thiophene rings is 1. The van der Waals surface area contributed by atoms with Crippen molar-refractivity contribution in [2.75, 3.05) is 26.2 Å². The second kappa shape index (κ2) is 6.85. The highest BCUT2D eigenvalue weighted by Gasteiger charge is 2.26. The molecule has 110 valence electrons. The first-order chi connectivity index (χ1) is 9.58. The third-order valence-corrected chi connectivity index (χ3v) is 4.58. The second-order valence-corrected chi connectivity index (χ2v) is 6.05. The molecule has 1 aliphatic rings. The Morgan fingerprint density at radius 3 is 2.60 bits per heavy atom. The van der Waals surface area contributed by atoms with Gasteiger partial charge in [-0.05, 0) is 18.4 Å². The van der Waals surface area contributed by atoms with E-state index in [0.717, 1.165) is 18.0 Å². The maximum absolute atomic E-state index is 12.1. The zero-order valence-electron chi connectivity index (χ0n) is 12.0. The van der Waals surface area contributed by atoms with E-state index in [0.29, 0.717) is 19.6 Å². The van der Waals surface area contributed by atoms with Crippen molar-refractivity contribution in [3.8, 4) is 0 Å². The molecule has 1 atom stereocenters. The van der Waals surface area contributed by atoms with Gasteiger partial charge in [0.2, 0.25) is 11.8 Å². The van der Waals surface area contributed by atoms with Crippen molar-refractivity contribution in [3.63, 3.8) is 0 Å². The fourth-order valence-electron chi connectivity index (χ4n) is 2.33. The molecule has 20 heavy (non-hydrogen) atoms. The van der Waals surface area contributed by atoms with Crippen LogP contribution in [0.15, 0.2) is 17.5 Å². The summed E-state index contributed by atoms with van der Waals surface area (Å²) in [6, 6.07) is 3.85. The molecule has 1 unspecified atom stereocenters. The summed E-state index contributed by atoms with van der Waals surface area (Å²) in [4.78, 5) is 28.5. The molecule has 1 aliphatic heterocycles. The number of rotatable bonds is 4. The smallest absolute Gasteiger partial charge is 0.237 e. The summed E-state index contributed by atoms with van der Waals surface area (Å²) in [5.74, 6) is 0.161. The predicted octanol–water partition coefficient (Wildman–Crippen LogP) is 0.917. The molecule has 2 heterocycles. The number of carbonyl (C=O) groups is 2. The molecule has 0 radical (unpaired) electrons. The molecule has 1 aromatic heterocycles. The van der Waals surface area contributed by atoms with Gasteiger partial charge in [-0.25, -0.2) is 0 Å². The Labute approximate surface area is 123 Å². The number of amides is 2. The summed E-state index contributed by atoms with van der Waals surface area (Å²) >= 11 is 1.64. The van der Waals surface area contributed by atoms with Crippen LogP contribution in [-0.2, 0) is 16.1 Å². The molecule has 1 saturated heterocycles. The van der Waals surface area contributed by atoms with Crippen molar-refractivity contribution in [1.82, 2.24) is 15.1 Å². The molecule has 5 nitrogen and oxygen atoms in total. The SMILES string of the molecule is CC(=O)N1CCN(C(C)C(=O)NCc2cccs2)CC1. The minimum Gasteiger partial charge on any atom is -0.350 e. The summed E-state index contributed by atoms with van der Waals surface area (Å²) < 4.78 is 0. The molecular weight excluding hydrogens is 274 g/mol. The van der Waals surface area contributed by atoms with E-state index < -0.39 is 0 Å². The van der Waals surface area contributed by atoms with Crippen LogP contribution in [0.1, 0.15) is 18.7 Å². The minimum absolute atomic E-state index is 0.0506. The van der Waals surface area contributed by atoms with E-state index in [2.05, 4.69) is 10.2 Å². The van der Waals surface area contributed by atoms with Gasteiger partial charge in [-0.2, -0.15) is 0 Å². The van der Waals surface area contributed by atoms with Gasteiger partial charge < -0.3 is 10.2 Å². The average Bonchev–Trinajstić information content (AvgIpc) is 2.97. The highest BCUT2D eigenvalue weighted by molar-refractivity contribution is 7.09. The first-order valence-corrected chi connectivity index (χ1v) is 7.75. The van der Waals surface area contributed by atoms with Crippen LogP contribution in [-0.4, -0.2) is 53.8 Å². The Hall–Kier alpha value is -1.40. The summed E-state index contributed by atoms with van der Waals surface area (Å²) in [7, 11) is 0. The molecule has 1 aromatic rings. The van der Waals surface area contributed by atoms with E-state index in [4.69, 9.17) is 0 Å². The number of carbonyl (C=O) groups excluding carboxylic acids is 2. The van der Waals surface area contributed by atoms with Crippen LogP contribution in [0.3, 0.4) is 0 Å². The Balaban J connectivity index is 1.77. The van der Waals surface area contributed by atoms with E-state index in [-0.39, 0.29) is 17.9 Å². The largest absolute Gasteiger partial charge is 0.350 e. The Morgan fingerprint density at radius 1 is 1.35 bits per heavy atom. The normalized spacial score (nSPS) is 17.8. The number of nitrogens with one attached hydrogen (secondary N) is 1. The Bertz CT molecular complexity index is 453. The van der Waals surface area contributed by atoms with Crippen LogP contribution in [0.25, 0.3) is 0 Å². The second-order valence-electron chi connectivity index (χ2n) is 5.02. The molecular formula is C14H21N3O2S. The van der Waals surface area contributed by atoms with Crippen LogP contribution in [0.4, 0.5) is 0 Å². The first kappa shape index (κ1) is 15.0. The summed E-state index contributed by atoms with van der Waals surface area (Å²) in [5, 5.41) is 4.97. The lowest BCUT2D eigenvalue weighted by molar-refractivity contribution is -0.132. The van der Waals surface area contributed by atoms with Gasteiger partial charge in [0.05, 0.1) is 12.6 Å². The van der Waals surface area contributed by atoms with Gasteiger partial charge in [0, 0.05) is 38.0 Å². The third kappa shape index (κ3) is 3.80. The van der Waals surface area contributed by atoms with Crippen molar-refractivity contribution < 1.29 is 9.59 Å². The zero-order chi connectivity index (χ0) is 14.5. The van der Waals surface area contributed by atoms with Gasteiger partial charge in [-0.1, -0.05) is 6.07 Å². The van der Waals surface area contributed by atoms with Crippen molar-refractivity contribution in [3.05, 3.63) is 22.4 Å². The molecule has 2 rings (SSSR count). The average molecular weight is 295 g/mol. The topological polar surface area (TPSA) is 52.7 Å². The van der Waals surface area contributed by atoms with Crippen LogP contribution >= 0.6 is 11.3 Å². The van der Waals surface area contributed by atoms with Gasteiger partial charge in [0.1, 0.15) is 0 Å². The van der Waals surface area contributed by atoms with E-state index in [1.54, 1.807) is 18.3 Å². The standard InChI is InChI=1S/C14H21N3O2S/c1-11(14(19)15-10-13-4-3-9-20-13)16-5-7-17(8-6-16)12(2)18/h3-4,9,11H,5-8,10H2,1-2H3,(H,15,19). The Kier molecular flexibility index (Phi) is 5.14. The summed E-state index contributed by atoms with van der Waals surface area (Å²) in [5.41, 5.74) is 0. The van der Waals surface area contributed by atoms with E-state index >= 15 is 0 Å². The van der Waals surface area contributed by atoms with Crippen LogP contribution < -0.4 is 5.32 Å². The molecule has 0 bridgehead atoms. The van der Waals surface area contributed by atoms with Crippen LogP contribution in [0.2, 0.25) is 0 Å². The minimum atomic E-state index is -0.149. The molecule has 6 heteroatoms. The lowest BCUT2D eigenvalue weighted by Gasteiger charge is -2.37. The highest BCUT2D eigenvalue weighted by atomic mass is 32.1. The summed E-state index contributed by atoms with van der Waals surface area (Å²) in [6.45, 7) is 7.03. The van der Waals surface area contributed by atoms with Gasteiger partial charge in [0.15, 0.2) is 0 Å². The number of piperazine rings is 1. The molecule has 2 amide bonds. The quantitative estimate of drug-likeness (QED) is 0.898. The van der Waals surface area contributed by atoms with E-state index in [1.165, 1.54) is 0 Å². The molecule has 1 N–H and O–H groups in total. The number of hydrogen-bond acceptors (Lipinski definition) is 4. The van der Waals surface area contributed by atoms with Gasteiger partial charge in [-0.15, -0.1) is 11.3 Å². The van der Waals surface area contributed by atoms with E-state index in [9.17, 15) is 9.59 Å². The van der Waals surface area contributed by atoms with Crippen LogP contribution in [0.5, 0.6) is 0 Å². The lowest BCUT2D eigenvalue weighted by Crippen LogP contribution is -2.54. The molecule has 1 fully saturated rings. The lowest BCUT2D eigenvalue weighted by atomic mass is 10.2. The maximum atomic E-state index is 12.1. The van der Waals surface area contributed by atoms with Crippen molar-refractivity contribution in [2.45, 2.75) is 26.4 Å². The van der Waals surface area contributed by atoms with Gasteiger partial charge in [-0.3, -0.25) is 14.5 Å². The molecule has 0 saturated carbocycles. The fourth-order valence-corrected chi connectivity index (χ4v) is 2.97. The van der Waals surface area contributed by atoms with Crippen molar-refractivity contribution in [1.29, 1.82) is 0 Å². The Morgan fingerprint density at radius 2 is 2.05 bits per heavy atom. The van der Waals surface area contributed by atoms with Gasteiger partial charge in [0.25, 0.3) is 0 Å². The summed E-state index contributed by atoms with van der Waals surface area (Å²) in [6.07, 6.45) is 0. The number of nitrogens with zero attached hydrogens (tertiary/aromatic N) is 2. The van der Waals surface area contributed by atoms with Crippen molar-refractivity contribution >= 4 is 23.2 Å². The number of hydrogen-bond donors (Lipinski definition) is 1. The zero-order valence-corrected chi connectivity index (χ0v) is 12.8. The monoisotopic (exact) mass is 295 g/mol. The van der Waals surface area contributed by atoms with Crippen LogP contribution in [0, 0.1) is 0 Å². The predicted molar refractivity (Wildman–Crippen MR) is 79.5 cm³/mol. The third-order valence-electron chi connectivity index (χ3n) is 3.70. The van der Waals surface area contributed by atoms with Gasteiger partial charge >= 0.3 is 0 Å². The highest BCUT2D eigenvalue weighted by Crippen LogP contribution is 2.09. The fraction of sp³-hybridized carbons (Fsp3) is 0.571. The van der Waals surface area contributed by atoms with E-state index in [1.807, 2.05) is 29.3 Å². The molecule has 0 spiro atoms. The molecule has 0 aromatic carbocycles. The maximum Gasteiger partial charge on any atom is 0.237 e. The first-order valence-electron chi connectivity index (χ1n) is 6.87. The van der Waals surface area contributed by atoms with Crippen molar-refractivity contribution in [2.24, 2.45) is 0 Å². The molecule has 0 aliphatic carbocycles.